The number of ether oxygens (including phenoxy) is 1. The molecule has 0 bridgehead atoms. The molecule has 0 radical (unpaired) electrons. The lowest BCUT2D eigenvalue weighted by atomic mass is 9.71. The second kappa shape index (κ2) is 8.02. The van der Waals surface area contributed by atoms with Gasteiger partial charge < -0.3 is 20.4 Å². The van der Waals surface area contributed by atoms with Crippen molar-refractivity contribution in [3.8, 4) is 5.75 Å². The topological polar surface area (TPSA) is 103 Å². The first-order chi connectivity index (χ1) is 15.7. The van der Waals surface area contributed by atoms with Gasteiger partial charge in [-0.3, -0.25) is 9.48 Å². The highest BCUT2D eigenvalue weighted by Gasteiger charge is 2.40. The number of nitrogens with zero attached hydrogens (tertiary/aromatic N) is 3. The molecule has 0 spiro atoms. The van der Waals surface area contributed by atoms with Gasteiger partial charge in [0.15, 0.2) is 5.69 Å². The second-order valence-electron chi connectivity index (χ2n) is 9.78. The number of aliphatic hydroxyl groups is 1. The highest BCUT2D eigenvalue weighted by molar-refractivity contribution is 6.04. The Morgan fingerprint density at radius 3 is 2.76 bits per heavy atom. The number of hydrogen-bond donors (Lipinski definition) is 2. The number of rotatable bonds is 7. The molecule has 2 aliphatic rings. The average molecular weight is 451 g/mol. The fraction of sp³-hybridized carbons (Fsp3) is 0.480. The third-order valence-electron chi connectivity index (χ3n) is 6.86. The lowest BCUT2D eigenvalue weighted by Gasteiger charge is -2.42. The zero-order chi connectivity index (χ0) is 23.3. The number of hydrogen-bond acceptors (Lipinski definition) is 5. The Kier molecular flexibility index (Phi) is 5.28. The maximum Gasteiger partial charge on any atom is 0.321 e. The molecule has 0 aliphatic heterocycles. The predicted octanol–water partition coefficient (Wildman–Crippen LogP) is 3.92. The zero-order valence-electron chi connectivity index (χ0n) is 19.2. The number of carbonyl (C=O) groups excluding carboxylic acids is 1. The number of aromatic nitrogens is 3. The Bertz CT molecular complexity index is 1200. The van der Waals surface area contributed by atoms with Crippen molar-refractivity contribution in [1.29, 1.82) is 0 Å². The summed E-state index contributed by atoms with van der Waals surface area (Å²) in [5.41, 5.74) is 1.32. The summed E-state index contributed by atoms with van der Waals surface area (Å²) in [6, 6.07) is 8.99. The van der Waals surface area contributed by atoms with E-state index in [0.717, 1.165) is 41.3 Å². The van der Waals surface area contributed by atoms with E-state index in [1.165, 1.54) is 0 Å². The Labute approximate surface area is 192 Å². The van der Waals surface area contributed by atoms with Crippen LogP contribution in [-0.2, 0) is 0 Å². The molecule has 0 saturated heterocycles. The number of benzene rings is 1. The molecule has 0 unspecified atom stereocenters. The quantitative estimate of drug-likeness (QED) is 0.419. The van der Waals surface area contributed by atoms with Crippen molar-refractivity contribution in [3.63, 3.8) is 0 Å². The molecule has 2 aliphatic carbocycles. The smallest absolute Gasteiger partial charge is 0.321 e. The van der Waals surface area contributed by atoms with Crippen LogP contribution in [0.15, 0.2) is 36.5 Å². The molecule has 1 amide bonds. The van der Waals surface area contributed by atoms with E-state index in [1.807, 2.05) is 43.8 Å². The highest BCUT2D eigenvalue weighted by atomic mass is 16.5. The number of amides is 1. The molecule has 2 saturated carbocycles. The summed E-state index contributed by atoms with van der Waals surface area (Å²) in [7, 11) is 0. The van der Waals surface area contributed by atoms with Crippen LogP contribution >= 0.6 is 0 Å². The van der Waals surface area contributed by atoms with E-state index in [-0.39, 0.29) is 23.6 Å². The van der Waals surface area contributed by atoms with Crippen LogP contribution in [0.25, 0.3) is 10.9 Å². The Morgan fingerprint density at radius 1 is 1.33 bits per heavy atom. The van der Waals surface area contributed by atoms with Crippen LogP contribution in [0.1, 0.15) is 74.6 Å². The molecule has 5 rings (SSSR count). The summed E-state index contributed by atoms with van der Waals surface area (Å²) in [6.45, 7) is 6.01. The van der Waals surface area contributed by atoms with Crippen molar-refractivity contribution < 1.29 is 19.4 Å². The van der Waals surface area contributed by atoms with Gasteiger partial charge in [0.05, 0.1) is 29.5 Å². The Balaban J connectivity index is 1.41. The van der Waals surface area contributed by atoms with Gasteiger partial charge >= 0.3 is 5.91 Å². The average Bonchev–Trinajstić information content (AvgIpc) is 3.47. The zero-order valence-corrected chi connectivity index (χ0v) is 19.2. The van der Waals surface area contributed by atoms with Crippen LogP contribution in [0.5, 0.6) is 5.75 Å². The molecular formula is C25H30N4O4. The van der Waals surface area contributed by atoms with Gasteiger partial charge in [0.25, 0.3) is 5.69 Å². The van der Waals surface area contributed by atoms with Crippen LogP contribution in [0.2, 0.25) is 0 Å². The first kappa shape index (κ1) is 21.7. The fourth-order valence-corrected chi connectivity index (χ4v) is 4.56. The number of anilines is 1. The number of pyridine rings is 1. The minimum atomic E-state index is -0.683. The lowest BCUT2D eigenvalue weighted by Crippen LogP contribution is -2.41. The van der Waals surface area contributed by atoms with Crippen LogP contribution in [0, 0.1) is 11.1 Å². The lowest BCUT2D eigenvalue weighted by molar-refractivity contribution is -0.616. The largest absolute Gasteiger partial charge is 0.618 e. The van der Waals surface area contributed by atoms with E-state index < -0.39 is 11.5 Å². The van der Waals surface area contributed by atoms with E-state index in [2.05, 4.69) is 5.32 Å². The van der Waals surface area contributed by atoms with Crippen molar-refractivity contribution >= 4 is 22.5 Å². The van der Waals surface area contributed by atoms with E-state index >= 15 is 0 Å². The van der Waals surface area contributed by atoms with Crippen molar-refractivity contribution in [1.82, 2.24) is 9.78 Å². The Morgan fingerprint density at radius 2 is 2.09 bits per heavy atom. The summed E-state index contributed by atoms with van der Waals surface area (Å²) in [4.78, 5) is 13.0. The molecule has 1 aromatic carbocycles. The van der Waals surface area contributed by atoms with Crippen LogP contribution in [0.4, 0.5) is 5.69 Å². The second-order valence-corrected chi connectivity index (χ2v) is 9.78. The third-order valence-corrected chi connectivity index (χ3v) is 6.86. The molecule has 8 heteroatoms. The molecular weight excluding hydrogens is 420 g/mol. The minimum absolute atomic E-state index is 0.0739. The maximum atomic E-state index is 13.0. The monoisotopic (exact) mass is 450 g/mol. The van der Waals surface area contributed by atoms with Crippen molar-refractivity contribution in [2.45, 2.75) is 64.0 Å². The fourth-order valence-electron chi connectivity index (χ4n) is 4.56. The summed E-state index contributed by atoms with van der Waals surface area (Å²) >= 11 is 0. The van der Waals surface area contributed by atoms with E-state index in [9.17, 15) is 15.1 Å². The Hall–Kier alpha value is -3.13. The summed E-state index contributed by atoms with van der Waals surface area (Å²) in [6.07, 6.45) is 5.69. The van der Waals surface area contributed by atoms with Gasteiger partial charge in [0.2, 0.25) is 0 Å². The molecule has 0 atom stereocenters. The van der Waals surface area contributed by atoms with Gasteiger partial charge in [-0.2, -0.15) is 9.83 Å². The normalized spacial score (nSPS) is 20.5. The van der Waals surface area contributed by atoms with Crippen molar-refractivity contribution in [2.75, 3.05) is 11.9 Å². The molecule has 174 valence electrons. The predicted molar refractivity (Wildman–Crippen MR) is 124 cm³/mol. The van der Waals surface area contributed by atoms with Crippen LogP contribution < -0.4 is 14.8 Å². The van der Waals surface area contributed by atoms with Crippen LogP contribution in [-0.4, -0.2) is 33.0 Å². The summed E-state index contributed by atoms with van der Waals surface area (Å²) in [5, 5.41) is 31.4. The molecule has 2 fully saturated rings. The maximum absolute atomic E-state index is 13.0. The summed E-state index contributed by atoms with van der Waals surface area (Å²) in [5.74, 6) is 0.558. The van der Waals surface area contributed by atoms with Crippen molar-refractivity contribution in [3.05, 3.63) is 53.1 Å². The molecule has 33 heavy (non-hydrogen) atoms. The van der Waals surface area contributed by atoms with Crippen molar-refractivity contribution in [2.24, 2.45) is 5.92 Å². The third kappa shape index (κ3) is 4.15. The standard InChI is InChI=1S/C25H30N4O4/c1-4-33-23-13-19-16(14-28(27-19)18-11-17(12-18)25(2,3)31)10-20(23)26-24(30)22-7-5-6-21(29(22)32)15-8-9-15/h5-7,10,13-15,17-18,31H,4,8-9,11-12H2,1-3H3,(H,26,30). The van der Waals surface area contributed by atoms with Gasteiger partial charge in [-0.25, -0.2) is 0 Å². The minimum Gasteiger partial charge on any atom is -0.618 e. The van der Waals surface area contributed by atoms with E-state index in [4.69, 9.17) is 9.84 Å². The van der Waals surface area contributed by atoms with Gasteiger partial charge in [0, 0.05) is 35.7 Å². The number of carbonyl (C=O) groups is 1. The molecule has 8 nitrogen and oxygen atoms in total. The molecule has 2 heterocycles. The van der Waals surface area contributed by atoms with Gasteiger partial charge in [-0.1, -0.05) is 0 Å². The molecule has 2 N–H and O–H groups in total. The first-order valence-corrected chi connectivity index (χ1v) is 11.7. The number of nitrogens with one attached hydrogen (secondary N) is 1. The number of fused-ring (bicyclic) bond motifs is 1. The van der Waals surface area contributed by atoms with Gasteiger partial charge in [-0.05, 0) is 64.5 Å². The highest BCUT2D eigenvalue weighted by Crippen LogP contribution is 2.44. The molecule has 3 aromatic rings. The first-order valence-electron chi connectivity index (χ1n) is 11.7. The van der Waals surface area contributed by atoms with E-state index in [1.54, 1.807) is 18.2 Å². The van der Waals surface area contributed by atoms with Crippen LogP contribution in [0.3, 0.4) is 0 Å². The van der Waals surface area contributed by atoms with Gasteiger partial charge in [-0.15, -0.1) is 0 Å². The summed E-state index contributed by atoms with van der Waals surface area (Å²) < 4.78 is 8.47. The van der Waals surface area contributed by atoms with Gasteiger partial charge in [0.1, 0.15) is 5.75 Å². The molecule has 2 aromatic heterocycles. The van der Waals surface area contributed by atoms with E-state index in [0.29, 0.717) is 23.7 Å². The SMILES string of the molecule is CCOc1cc2nn(C3CC(C(C)(C)O)C3)cc2cc1NC(=O)c1cccc(C2CC2)[n+]1[O-].